The first kappa shape index (κ1) is 36.3. The number of allylic oxidation sites excluding steroid dienone is 2. The normalized spacial score (nSPS) is 56.8. The number of carbonyl (C=O) groups is 1. The molecule has 2 bridgehead atoms. The summed E-state index contributed by atoms with van der Waals surface area (Å²) < 4.78 is 12.0. The van der Waals surface area contributed by atoms with E-state index in [0.29, 0.717) is 32.1 Å². The fraction of sp³-hybridized carbons (Fsp3) is 0.923. The molecule has 6 aliphatic carbocycles. The second-order valence-electron chi connectivity index (χ2n) is 18.8. The zero-order valence-electron chi connectivity index (χ0n) is 30.2. The van der Waals surface area contributed by atoms with Gasteiger partial charge in [0.2, 0.25) is 0 Å². The van der Waals surface area contributed by atoms with Crippen molar-refractivity contribution in [1.82, 2.24) is 0 Å². The van der Waals surface area contributed by atoms with Crippen LogP contribution >= 0.6 is 0 Å². The fourth-order valence-electron chi connectivity index (χ4n) is 14.7. The molecule has 0 aromatic heterocycles. The molecule has 0 aromatic carbocycles. The third-order valence-corrected chi connectivity index (χ3v) is 17.2. The number of carboxylic acids is 1. The first-order valence-corrected chi connectivity index (χ1v) is 19.1. The van der Waals surface area contributed by atoms with E-state index < -0.39 is 53.6 Å². The highest BCUT2D eigenvalue weighted by molar-refractivity contribution is 5.77. The van der Waals surface area contributed by atoms with Crippen LogP contribution in [0.2, 0.25) is 0 Å². The quantitative estimate of drug-likeness (QED) is 0.160. The third kappa shape index (κ3) is 4.38. The zero-order chi connectivity index (χ0) is 35.6. The Morgan fingerprint density at radius 3 is 2.31 bits per heavy atom. The van der Waals surface area contributed by atoms with Crippen molar-refractivity contribution in [2.75, 3.05) is 19.8 Å². The number of aliphatic carboxylic acids is 1. The molecule has 6 fully saturated rings. The maximum absolute atomic E-state index is 13.4. The second kappa shape index (κ2) is 11.7. The number of carboxylic acid groups (broad SMARTS) is 1. The Balaban J connectivity index is 1.32. The van der Waals surface area contributed by atoms with Gasteiger partial charge in [0, 0.05) is 17.4 Å². The molecule has 10 nitrogen and oxygen atoms in total. The molecule has 278 valence electrons. The standard InChI is InChI=1S/C39H62O10/c1-6-22-16-37(32(46)47)15-14-33(2,20-40)17-24(37)23-8-13-38-10-7-11-39(22,23)36(38,5)12-9-27-34(3,21-41)30(25(42)18-35(27,38)4)49-31-29(45)28(44)26(43)19-48-31/h8,22,24-31,40-45H,6-7,9-21H2,1-5H3,(H,46,47)/t22-,24-,25+,26+,27+,28-,29+,30+,31-,33-,34-,35-,36+,37-,38+,39+/m0/s1. The average molecular weight is 691 g/mol. The molecule has 1 saturated heterocycles. The molecule has 0 unspecified atom stereocenters. The maximum Gasteiger partial charge on any atom is 0.310 e. The summed E-state index contributed by atoms with van der Waals surface area (Å²) in [5, 5.41) is 76.0. The Morgan fingerprint density at radius 1 is 0.918 bits per heavy atom. The molecular formula is C39H62O10. The molecule has 1 aliphatic heterocycles. The highest BCUT2D eigenvalue weighted by Crippen LogP contribution is 2.85. The van der Waals surface area contributed by atoms with Crippen molar-refractivity contribution in [3.8, 4) is 0 Å². The molecule has 7 rings (SSSR count). The van der Waals surface area contributed by atoms with Crippen LogP contribution in [0, 0.1) is 55.7 Å². The van der Waals surface area contributed by atoms with E-state index in [4.69, 9.17) is 9.47 Å². The van der Waals surface area contributed by atoms with E-state index >= 15 is 0 Å². The molecule has 5 saturated carbocycles. The van der Waals surface area contributed by atoms with Crippen molar-refractivity contribution in [2.45, 2.75) is 148 Å². The van der Waals surface area contributed by atoms with E-state index in [1.165, 1.54) is 5.57 Å². The van der Waals surface area contributed by atoms with Crippen LogP contribution in [0.4, 0.5) is 0 Å². The van der Waals surface area contributed by atoms with Crippen molar-refractivity contribution >= 4 is 5.97 Å². The summed E-state index contributed by atoms with van der Waals surface area (Å²) in [6, 6.07) is 0. The summed E-state index contributed by atoms with van der Waals surface area (Å²) in [6.07, 6.45) is 4.73. The lowest BCUT2D eigenvalue weighted by Gasteiger charge is -2.80. The predicted molar refractivity (Wildman–Crippen MR) is 180 cm³/mol. The van der Waals surface area contributed by atoms with E-state index in [1.807, 2.05) is 6.92 Å². The lowest BCUT2D eigenvalue weighted by Crippen LogP contribution is -2.75. The third-order valence-electron chi connectivity index (χ3n) is 17.2. The van der Waals surface area contributed by atoms with Crippen LogP contribution in [-0.4, -0.2) is 98.3 Å². The van der Waals surface area contributed by atoms with E-state index in [-0.39, 0.29) is 64.6 Å². The predicted octanol–water partition coefficient (Wildman–Crippen LogP) is 3.78. The lowest BCUT2D eigenvalue weighted by molar-refractivity contribution is -0.344. The molecular weight excluding hydrogens is 628 g/mol. The number of ether oxygens (including phenoxy) is 2. The summed E-state index contributed by atoms with van der Waals surface area (Å²) >= 11 is 0. The van der Waals surface area contributed by atoms with E-state index in [1.54, 1.807) is 0 Å². The summed E-state index contributed by atoms with van der Waals surface area (Å²) in [5.74, 6) is -0.628. The minimum atomic E-state index is -1.50. The molecule has 0 radical (unpaired) electrons. The number of hydrogen-bond acceptors (Lipinski definition) is 9. The number of fused-ring (bicyclic) bond motifs is 3. The van der Waals surface area contributed by atoms with Gasteiger partial charge < -0.3 is 45.2 Å². The first-order chi connectivity index (χ1) is 23.0. The van der Waals surface area contributed by atoms with Gasteiger partial charge in [-0.25, -0.2) is 0 Å². The van der Waals surface area contributed by atoms with Crippen LogP contribution in [0.1, 0.15) is 112 Å². The summed E-state index contributed by atoms with van der Waals surface area (Å²) in [6.45, 7) is 10.8. The van der Waals surface area contributed by atoms with Crippen molar-refractivity contribution in [3.05, 3.63) is 11.6 Å². The van der Waals surface area contributed by atoms with Crippen molar-refractivity contribution in [1.29, 1.82) is 0 Å². The first-order valence-electron chi connectivity index (χ1n) is 19.1. The van der Waals surface area contributed by atoms with Crippen LogP contribution in [0.3, 0.4) is 0 Å². The molecule has 7 aliphatic rings. The summed E-state index contributed by atoms with van der Waals surface area (Å²) in [5.41, 5.74) is -1.63. The number of hydrogen-bond donors (Lipinski definition) is 7. The van der Waals surface area contributed by atoms with Gasteiger partial charge in [-0.3, -0.25) is 4.79 Å². The van der Waals surface area contributed by atoms with E-state index in [9.17, 15) is 40.5 Å². The minimum Gasteiger partial charge on any atom is -0.481 e. The second-order valence-corrected chi connectivity index (χ2v) is 18.8. The van der Waals surface area contributed by atoms with Gasteiger partial charge in [-0.1, -0.05) is 59.1 Å². The molecule has 1 spiro atoms. The van der Waals surface area contributed by atoms with Gasteiger partial charge in [-0.15, -0.1) is 0 Å². The van der Waals surface area contributed by atoms with Gasteiger partial charge in [0.15, 0.2) is 6.29 Å². The maximum atomic E-state index is 13.4. The van der Waals surface area contributed by atoms with E-state index in [0.717, 1.165) is 44.9 Å². The fourth-order valence-corrected chi connectivity index (χ4v) is 14.7. The Morgan fingerprint density at radius 2 is 1.65 bits per heavy atom. The molecule has 1 heterocycles. The lowest BCUT2D eigenvalue weighted by atomic mass is 9.24. The minimum absolute atomic E-state index is 0.0260. The summed E-state index contributed by atoms with van der Waals surface area (Å²) in [7, 11) is 0. The number of rotatable bonds is 6. The van der Waals surface area contributed by atoms with Gasteiger partial charge in [0.1, 0.15) is 18.3 Å². The topological polar surface area (TPSA) is 177 Å². The number of aliphatic hydroxyl groups is 6. The highest BCUT2D eigenvalue weighted by atomic mass is 16.7. The Hall–Kier alpha value is -1.11. The van der Waals surface area contributed by atoms with Crippen LogP contribution in [0.15, 0.2) is 11.6 Å². The molecule has 0 aromatic rings. The highest BCUT2D eigenvalue weighted by Gasteiger charge is 2.79. The smallest absolute Gasteiger partial charge is 0.310 e. The average Bonchev–Trinajstić information content (AvgIpc) is 3.05. The largest absolute Gasteiger partial charge is 0.481 e. The molecule has 10 heteroatoms. The summed E-state index contributed by atoms with van der Waals surface area (Å²) in [4.78, 5) is 13.4. The monoisotopic (exact) mass is 690 g/mol. The van der Waals surface area contributed by atoms with Gasteiger partial charge in [-0.2, -0.15) is 0 Å². The Bertz CT molecular complexity index is 1350. The van der Waals surface area contributed by atoms with Crippen molar-refractivity contribution in [3.63, 3.8) is 0 Å². The molecule has 49 heavy (non-hydrogen) atoms. The SMILES string of the molecule is CC[C@H]1C[C@@]2(C(=O)O)CC[C@](C)(CO)C[C@H]2C2=CC[C@@]34CCC[C@]21[C@]3(C)CC[C@@H]1[C@](C)(CO)[C@H](O[C@@H]2OC[C@@H](O)[C@H](O)[C@H]2O)[C@H](O)C[C@@]14C. The van der Waals surface area contributed by atoms with Gasteiger partial charge in [0.25, 0.3) is 0 Å². The van der Waals surface area contributed by atoms with E-state index in [2.05, 4.69) is 33.8 Å². The van der Waals surface area contributed by atoms with Crippen molar-refractivity contribution in [2.24, 2.45) is 55.7 Å². The van der Waals surface area contributed by atoms with Gasteiger partial charge in [0.05, 0.1) is 30.8 Å². The molecule has 7 N–H and O–H groups in total. The van der Waals surface area contributed by atoms with Crippen molar-refractivity contribution < 1.29 is 50.0 Å². The Labute approximate surface area is 291 Å². The van der Waals surface area contributed by atoms with Gasteiger partial charge >= 0.3 is 5.97 Å². The van der Waals surface area contributed by atoms with Crippen LogP contribution in [0.25, 0.3) is 0 Å². The molecule has 0 amide bonds. The molecule has 16 atom stereocenters. The van der Waals surface area contributed by atoms with Crippen LogP contribution < -0.4 is 0 Å². The Kier molecular flexibility index (Phi) is 8.65. The number of aliphatic hydroxyl groups excluding tert-OH is 6. The van der Waals surface area contributed by atoms with Crippen LogP contribution in [-0.2, 0) is 14.3 Å². The van der Waals surface area contributed by atoms with Crippen LogP contribution in [0.5, 0.6) is 0 Å². The van der Waals surface area contributed by atoms with Gasteiger partial charge in [-0.05, 0) is 104 Å². The zero-order valence-corrected chi connectivity index (χ0v) is 30.2.